The molecule has 1 fully saturated rings. The van der Waals surface area contributed by atoms with Crippen LogP contribution in [0.3, 0.4) is 0 Å². The van der Waals surface area contributed by atoms with Crippen molar-refractivity contribution in [3.8, 4) is 0 Å². The molecular weight excluding hydrogens is 192 g/mol. The number of hydrogen-bond donors (Lipinski definition) is 1. The molecule has 1 aliphatic rings. The highest BCUT2D eigenvalue weighted by atomic mass is 16.6. The van der Waals surface area contributed by atoms with E-state index >= 15 is 0 Å². The van der Waals surface area contributed by atoms with Crippen LogP contribution in [0, 0.1) is 5.92 Å². The van der Waals surface area contributed by atoms with Gasteiger partial charge in [-0.3, -0.25) is 0 Å². The first-order chi connectivity index (χ1) is 7.27. The van der Waals surface area contributed by atoms with Crippen molar-refractivity contribution in [2.75, 3.05) is 32.8 Å². The molecular formula is C11H22N2O2. The minimum atomic E-state index is -0.175. The number of piperidine rings is 1. The van der Waals surface area contributed by atoms with Crippen molar-refractivity contribution in [2.24, 2.45) is 5.92 Å². The molecule has 0 aromatic heterocycles. The van der Waals surface area contributed by atoms with Gasteiger partial charge in [-0.25, -0.2) is 4.79 Å². The lowest BCUT2D eigenvalue weighted by atomic mass is 10.0. The van der Waals surface area contributed by atoms with Gasteiger partial charge in [0.25, 0.3) is 0 Å². The van der Waals surface area contributed by atoms with Crippen LogP contribution in [0.15, 0.2) is 0 Å². The first-order valence-corrected chi connectivity index (χ1v) is 5.90. The van der Waals surface area contributed by atoms with Crippen LogP contribution in [-0.4, -0.2) is 43.8 Å². The van der Waals surface area contributed by atoms with E-state index in [-0.39, 0.29) is 6.09 Å². The Balaban J connectivity index is 2.20. The highest BCUT2D eigenvalue weighted by Gasteiger charge is 2.17. The lowest BCUT2D eigenvalue weighted by Crippen LogP contribution is -2.36. The number of rotatable bonds is 4. The number of nitrogens with zero attached hydrogens (tertiary/aromatic N) is 1. The van der Waals surface area contributed by atoms with Crippen molar-refractivity contribution in [1.29, 1.82) is 0 Å². The summed E-state index contributed by atoms with van der Waals surface area (Å²) in [5, 5.41) is 3.31. The Hall–Kier alpha value is -0.770. The van der Waals surface area contributed by atoms with Crippen molar-refractivity contribution in [3.05, 3.63) is 0 Å². The van der Waals surface area contributed by atoms with Gasteiger partial charge in [0.15, 0.2) is 0 Å². The minimum Gasteiger partial charge on any atom is -0.449 e. The van der Waals surface area contributed by atoms with E-state index in [4.69, 9.17) is 4.74 Å². The summed E-state index contributed by atoms with van der Waals surface area (Å²) < 4.78 is 5.27. The third-order valence-electron chi connectivity index (χ3n) is 2.86. The van der Waals surface area contributed by atoms with E-state index in [2.05, 4.69) is 5.32 Å². The smallest absolute Gasteiger partial charge is 0.409 e. The Morgan fingerprint density at radius 2 is 2.20 bits per heavy atom. The fraction of sp³-hybridized carbons (Fsp3) is 0.909. The zero-order chi connectivity index (χ0) is 11.1. The van der Waals surface area contributed by atoms with E-state index in [0.717, 1.165) is 26.2 Å². The first kappa shape index (κ1) is 12.3. The molecule has 4 heteroatoms. The van der Waals surface area contributed by atoms with Crippen LogP contribution in [0.4, 0.5) is 4.79 Å². The summed E-state index contributed by atoms with van der Waals surface area (Å²) in [6.07, 6.45) is 2.18. The molecule has 15 heavy (non-hydrogen) atoms. The first-order valence-electron chi connectivity index (χ1n) is 5.90. The summed E-state index contributed by atoms with van der Waals surface area (Å²) in [5.41, 5.74) is 0. The average Bonchev–Trinajstić information content (AvgIpc) is 2.29. The monoisotopic (exact) mass is 214 g/mol. The minimum absolute atomic E-state index is 0.175. The molecule has 4 nitrogen and oxygen atoms in total. The largest absolute Gasteiger partial charge is 0.449 e. The van der Waals surface area contributed by atoms with Gasteiger partial charge in [0, 0.05) is 25.6 Å². The molecule has 1 amide bonds. The molecule has 1 rings (SSSR count). The number of ether oxygens (including phenoxy) is 1. The molecule has 1 saturated heterocycles. The van der Waals surface area contributed by atoms with Gasteiger partial charge in [0.2, 0.25) is 0 Å². The van der Waals surface area contributed by atoms with E-state index in [1.807, 2.05) is 13.8 Å². The fourth-order valence-electron chi connectivity index (χ4n) is 1.83. The van der Waals surface area contributed by atoms with E-state index in [0.29, 0.717) is 12.5 Å². The van der Waals surface area contributed by atoms with Crippen molar-refractivity contribution < 1.29 is 9.53 Å². The molecule has 0 aromatic carbocycles. The van der Waals surface area contributed by atoms with Crippen LogP contribution in [0.5, 0.6) is 0 Å². The number of carbonyl (C=O) groups is 1. The molecule has 0 spiro atoms. The highest BCUT2D eigenvalue weighted by molar-refractivity contribution is 5.67. The van der Waals surface area contributed by atoms with Crippen molar-refractivity contribution >= 4 is 6.09 Å². The van der Waals surface area contributed by atoms with E-state index < -0.39 is 0 Å². The summed E-state index contributed by atoms with van der Waals surface area (Å²) in [7, 11) is 0. The maximum Gasteiger partial charge on any atom is 0.409 e. The molecule has 0 aromatic rings. The zero-order valence-corrected chi connectivity index (χ0v) is 9.79. The van der Waals surface area contributed by atoms with Crippen molar-refractivity contribution in [2.45, 2.75) is 26.7 Å². The Morgan fingerprint density at radius 3 is 2.73 bits per heavy atom. The van der Waals surface area contributed by atoms with Crippen LogP contribution in [-0.2, 0) is 4.74 Å². The van der Waals surface area contributed by atoms with E-state index in [9.17, 15) is 4.79 Å². The fourth-order valence-corrected chi connectivity index (χ4v) is 1.83. The van der Waals surface area contributed by atoms with Gasteiger partial charge < -0.3 is 15.0 Å². The maximum atomic E-state index is 11.5. The van der Waals surface area contributed by atoms with Gasteiger partial charge in [-0.1, -0.05) is 0 Å². The van der Waals surface area contributed by atoms with Crippen molar-refractivity contribution in [3.63, 3.8) is 0 Å². The van der Waals surface area contributed by atoms with Crippen LogP contribution in [0.1, 0.15) is 26.7 Å². The molecule has 1 atom stereocenters. The third-order valence-corrected chi connectivity index (χ3v) is 2.86. The van der Waals surface area contributed by atoms with Crippen LogP contribution < -0.4 is 5.32 Å². The number of carbonyl (C=O) groups excluding carboxylic acids is 1. The summed E-state index contributed by atoms with van der Waals surface area (Å²) in [5.74, 6) is 0.498. The standard InChI is InChI=1S/C11H22N2O2/c1-3-13(4-2)11(14)15-9-10-6-5-7-12-8-10/h10,12H,3-9H2,1-2H3. The van der Waals surface area contributed by atoms with Gasteiger partial charge in [-0.15, -0.1) is 0 Å². The molecule has 88 valence electrons. The molecule has 1 heterocycles. The Bertz CT molecular complexity index is 187. The topological polar surface area (TPSA) is 41.6 Å². The van der Waals surface area contributed by atoms with Crippen LogP contribution in [0.25, 0.3) is 0 Å². The average molecular weight is 214 g/mol. The van der Waals surface area contributed by atoms with E-state index in [1.165, 1.54) is 12.8 Å². The number of hydrogen-bond acceptors (Lipinski definition) is 3. The summed E-state index contributed by atoms with van der Waals surface area (Å²) in [4.78, 5) is 13.2. The highest BCUT2D eigenvalue weighted by Crippen LogP contribution is 2.10. The predicted molar refractivity (Wildman–Crippen MR) is 59.9 cm³/mol. The third kappa shape index (κ3) is 4.08. The number of amides is 1. The van der Waals surface area contributed by atoms with E-state index in [1.54, 1.807) is 4.90 Å². The zero-order valence-electron chi connectivity index (χ0n) is 9.79. The second-order valence-corrected chi connectivity index (χ2v) is 3.96. The molecule has 1 N–H and O–H groups in total. The van der Waals surface area contributed by atoms with Gasteiger partial charge >= 0.3 is 6.09 Å². The summed E-state index contributed by atoms with van der Waals surface area (Å²) in [6, 6.07) is 0. The normalized spacial score (nSPS) is 21.1. The summed E-state index contributed by atoms with van der Waals surface area (Å²) in [6.45, 7) is 8.00. The van der Waals surface area contributed by atoms with Gasteiger partial charge in [-0.2, -0.15) is 0 Å². The van der Waals surface area contributed by atoms with Crippen LogP contribution >= 0.6 is 0 Å². The number of nitrogens with one attached hydrogen (secondary N) is 1. The lowest BCUT2D eigenvalue weighted by Gasteiger charge is -2.24. The van der Waals surface area contributed by atoms with Gasteiger partial charge in [0.1, 0.15) is 0 Å². The maximum absolute atomic E-state index is 11.5. The lowest BCUT2D eigenvalue weighted by molar-refractivity contribution is 0.0858. The molecule has 0 saturated carbocycles. The molecule has 0 bridgehead atoms. The summed E-state index contributed by atoms with van der Waals surface area (Å²) >= 11 is 0. The predicted octanol–water partition coefficient (Wildman–Crippen LogP) is 1.46. The Morgan fingerprint density at radius 1 is 1.47 bits per heavy atom. The second kappa shape index (κ2) is 6.67. The SMILES string of the molecule is CCN(CC)C(=O)OCC1CCCNC1. The molecule has 1 aliphatic heterocycles. The Kier molecular flexibility index (Phi) is 5.47. The molecule has 1 unspecified atom stereocenters. The van der Waals surface area contributed by atoms with Crippen LogP contribution in [0.2, 0.25) is 0 Å². The molecule has 0 radical (unpaired) electrons. The Labute approximate surface area is 92.0 Å². The molecule has 0 aliphatic carbocycles. The van der Waals surface area contributed by atoms with Crippen molar-refractivity contribution in [1.82, 2.24) is 10.2 Å². The van der Waals surface area contributed by atoms with Gasteiger partial charge in [0.05, 0.1) is 6.61 Å². The van der Waals surface area contributed by atoms with Gasteiger partial charge in [-0.05, 0) is 33.2 Å². The second-order valence-electron chi connectivity index (χ2n) is 3.96. The quantitative estimate of drug-likeness (QED) is 0.770.